The predicted molar refractivity (Wildman–Crippen MR) is 100 cm³/mol. The number of hydrogen-bond acceptors (Lipinski definition) is 2. The summed E-state index contributed by atoms with van der Waals surface area (Å²) in [4.78, 5) is 2.55. The smallest absolute Gasteiger partial charge is 0.0936 e. The molecule has 3 heteroatoms. The summed E-state index contributed by atoms with van der Waals surface area (Å²) in [5.41, 5.74) is 0. The lowest BCUT2D eigenvalue weighted by Gasteiger charge is -2.18. The molecule has 0 aliphatic carbocycles. The van der Waals surface area contributed by atoms with Crippen LogP contribution in [0.5, 0.6) is 0 Å². The number of rotatable bonds is 16. The maximum absolute atomic E-state index is 5.31. The van der Waals surface area contributed by atoms with Crippen LogP contribution in [0, 0.1) is 0 Å². The fourth-order valence-electron chi connectivity index (χ4n) is 3.02. The van der Waals surface area contributed by atoms with Gasteiger partial charge in [0.1, 0.15) is 0 Å². The van der Waals surface area contributed by atoms with Gasteiger partial charge in [0.15, 0.2) is 0 Å². The fourth-order valence-corrected chi connectivity index (χ4v) is 3.02. The molecule has 0 bridgehead atoms. The summed E-state index contributed by atoms with van der Waals surface area (Å²) in [5.74, 6) is 0. The van der Waals surface area contributed by atoms with Crippen molar-refractivity contribution in [3.05, 3.63) is 0 Å². The van der Waals surface area contributed by atoms with Gasteiger partial charge in [0, 0.05) is 6.54 Å². The number of hydrogen-bond donors (Lipinski definition) is 0. The van der Waals surface area contributed by atoms with E-state index < -0.39 is 0 Å². The van der Waals surface area contributed by atoms with E-state index in [4.69, 9.17) is 4.74 Å². The van der Waals surface area contributed by atoms with Gasteiger partial charge >= 0.3 is 0 Å². The first kappa shape index (κ1) is 22.2. The van der Waals surface area contributed by atoms with Gasteiger partial charge in [0.2, 0.25) is 0 Å². The highest BCUT2D eigenvalue weighted by Gasteiger charge is 2.24. The van der Waals surface area contributed by atoms with E-state index in [-0.39, 0.29) is 12.4 Å². The van der Waals surface area contributed by atoms with Crippen molar-refractivity contribution in [2.24, 2.45) is 0 Å². The van der Waals surface area contributed by atoms with Crippen LogP contribution in [-0.2, 0) is 4.74 Å². The molecule has 1 unspecified atom stereocenters. The Labute approximate surface area is 145 Å². The summed E-state index contributed by atoms with van der Waals surface area (Å²) in [6.45, 7) is 9.16. The zero-order valence-corrected chi connectivity index (χ0v) is 16.0. The van der Waals surface area contributed by atoms with Gasteiger partial charge in [-0.3, -0.25) is 0 Å². The Morgan fingerprint density at radius 1 is 0.773 bits per heavy atom. The standard InChI is InChI=1S/C19H39NO.ClH/c1-3-5-6-7-8-9-10-11-12-13-14-15-16-20(4-2)17-19-18-21-19;/h19H,3-18H2,1-2H3;1H. The van der Waals surface area contributed by atoms with Gasteiger partial charge in [-0.05, 0) is 19.5 Å². The summed E-state index contributed by atoms with van der Waals surface area (Å²) < 4.78 is 5.31. The second-order valence-electron chi connectivity index (χ2n) is 6.74. The van der Waals surface area contributed by atoms with Crippen LogP contribution < -0.4 is 0 Å². The Morgan fingerprint density at radius 2 is 1.23 bits per heavy atom. The van der Waals surface area contributed by atoms with Crippen LogP contribution in [0.4, 0.5) is 0 Å². The molecular weight excluding hydrogens is 294 g/mol. The molecule has 1 heterocycles. The van der Waals surface area contributed by atoms with Crippen LogP contribution in [0.1, 0.15) is 90.9 Å². The second-order valence-corrected chi connectivity index (χ2v) is 6.74. The predicted octanol–water partition coefficient (Wildman–Crippen LogP) is 5.83. The highest BCUT2D eigenvalue weighted by atomic mass is 35.5. The topological polar surface area (TPSA) is 15.8 Å². The summed E-state index contributed by atoms with van der Waals surface area (Å²) in [6, 6.07) is 0. The number of nitrogens with zero attached hydrogens (tertiary/aromatic N) is 1. The van der Waals surface area contributed by atoms with Gasteiger partial charge in [-0.25, -0.2) is 0 Å². The highest BCUT2D eigenvalue weighted by molar-refractivity contribution is 5.85. The Bertz CT molecular complexity index is 221. The molecule has 0 spiro atoms. The molecule has 1 aliphatic heterocycles. The number of epoxide rings is 1. The molecule has 0 saturated carbocycles. The van der Waals surface area contributed by atoms with E-state index in [0.29, 0.717) is 6.10 Å². The molecule has 1 fully saturated rings. The van der Waals surface area contributed by atoms with E-state index in [2.05, 4.69) is 18.7 Å². The summed E-state index contributed by atoms with van der Waals surface area (Å²) in [6.07, 6.45) is 17.8. The van der Waals surface area contributed by atoms with E-state index in [9.17, 15) is 0 Å². The van der Waals surface area contributed by atoms with Gasteiger partial charge < -0.3 is 9.64 Å². The van der Waals surface area contributed by atoms with Crippen molar-refractivity contribution < 1.29 is 4.74 Å². The molecule has 0 aromatic rings. The SMILES string of the molecule is CCCCCCCCCCCCCCN(CC)CC1CO1.Cl. The first-order chi connectivity index (χ1) is 10.4. The molecule has 1 saturated heterocycles. The van der Waals surface area contributed by atoms with E-state index in [1.54, 1.807) is 0 Å². The number of unbranched alkanes of at least 4 members (excludes halogenated alkanes) is 11. The number of likely N-dealkylation sites (N-methyl/N-ethyl adjacent to an activating group) is 1. The van der Waals surface area contributed by atoms with Gasteiger partial charge in [-0.15, -0.1) is 12.4 Å². The average Bonchev–Trinajstić information content (AvgIpc) is 3.31. The molecule has 0 aromatic heterocycles. The zero-order chi connectivity index (χ0) is 15.2. The average molecular weight is 334 g/mol. The molecule has 134 valence electrons. The van der Waals surface area contributed by atoms with Crippen LogP contribution in [0.3, 0.4) is 0 Å². The molecule has 0 amide bonds. The number of ether oxygens (including phenoxy) is 1. The van der Waals surface area contributed by atoms with Crippen molar-refractivity contribution in [1.82, 2.24) is 4.90 Å². The lowest BCUT2D eigenvalue weighted by atomic mass is 10.1. The summed E-state index contributed by atoms with van der Waals surface area (Å²) in [5, 5.41) is 0. The third-order valence-electron chi connectivity index (χ3n) is 4.64. The highest BCUT2D eigenvalue weighted by Crippen LogP contribution is 2.13. The molecule has 0 radical (unpaired) electrons. The van der Waals surface area contributed by atoms with Crippen LogP contribution in [0.25, 0.3) is 0 Å². The Morgan fingerprint density at radius 3 is 1.64 bits per heavy atom. The normalized spacial score (nSPS) is 16.8. The zero-order valence-electron chi connectivity index (χ0n) is 15.2. The number of halogens is 1. The van der Waals surface area contributed by atoms with Crippen molar-refractivity contribution in [1.29, 1.82) is 0 Å². The van der Waals surface area contributed by atoms with Gasteiger partial charge in [0.25, 0.3) is 0 Å². The van der Waals surface area contributed by atoms with E-state index >= 15 is 0 Å². The Kier molecular flexibility index (Phi) is 16.2. The second kappa shape index (κ2) is 16.1. The lowest BCUT2D eigenvalue weighted by molar-refractivity contribution is 0.247. The molecule has 0 N–H and O–H groups in total. The van der Waals surface area contributed by atoms with Gasteiger partial charge in [-0.2, -0.15) is 0 Å². The third kappa shape index (κ3) is 13.8. The van der Waals surface area contributed by atoms with Crippen molar-refractivity contribution in [3.63, 3.8) is 0 Å². The van der Waals surface area contributed by atoms with Crippen molar-refractivity contribution >= 4 is 12.4 Å². The maximum Gasteiger partial charge on any atom is 0.0936 e. The molecular formula is C19H40ClNO. The minimum absolute atomic E-state index is 0. The Balaban J connectivity index is 0.00000441. The molecule has 1 rings (SSSR count). The van der Waals surface area contributed by atoms with Crippen LogP contribution in [0.2, 0.25) is 0 Å². The lowest BCUT2D eigenvalue weighted by Crippen LogP contribution is -2.28. The maximum atomic E-state index is 5.31. The molecule has 0 aromatic carbocycles. The first-order valence-corrected chi connectivity index (χ1v) is 9.70. The molecule has 2 nitrogen and oxygen atoms in total. The van der Waals surface area contributed by atoms with Crippen molar-refractivity contribution in [2.75, 3.05) is 26.2 Å². The first-order valence-electron chi connectivity index (χ1n) is 9.70. The monoisotopic (exact) mass is 333 g/mol. The third-order valence-corrected chi connectivity index (χ3v) is 4.64. The molecule has 22 heavy (non-hydrogen) atoms. The quantitative estimate of drug-likeness (QED) is 0.261. The van der Waals surface area contributed by atoms with Crippen molar-refractivity contribution in [3.8, 4) is 0 Å². The minimum Gasteiger partial charge on any atom is -0.372 e. The minimum atomic E-state index is 0. The van der Waals surface area contributed by atoms with Gasteiger partial charge in [-0.1, -0.05) is 84.5 Å². The Hall–Kier alpha value is 0.210. The van der Waals surface area contributed by atoms with Crippen LogP contribution in [0.15, 0.2) is 0 Å². The van der Waals surface area contributed by atoms with Gasteiger partial charge in [0.05, 0.1) is 12.7 Å². The van der Waals surface area contributed by atoms with E-state index in [1.165, 1.54) is 90.1 Å². The van der Waals surface area contributed by atoms with Crippen molar-refractivity contribution in [2.45, 2.75) is 97.0 Å². The van der Waals surface area contributed by atoms with Crippen LogP contribution in [-0.4, -0.2) is 37.2 Å². The van der Waals surface area contributed by atoms with E-state index in [1.807, 2.05) is 0 Å². The fraction of sp³-hybridized carbons (Fsp3) is 1.00. The summed E-state index contributed by atoms with van der Waals surface area (Å²) in [7, 11) is 0. The molecule has 1 atom stereocenters. The van der Waals surface area contributed by atoms with E-state index in [0.717, 1.165) is 13.2 Å². The largest absolute Gasteiger partial charge is 0.372 e. The summed E-state index contributed by atoms with van der Waals surface area (Å²) >= 11 is 0. The van der Waals surface area contributed by atoms with Crippen LogP contribution >= 0.6 is 12.4 Å². The molecule has 1 aliphatic rings.